The molecule has 0 amide bonds. The van der Waals surface area contributed by atoms with E-state index < -0.39 is 65.4 Å². The van der Waals surface area contributed by atoms with Crippen LogP contribution in [0.3, 0.4) is 0 Å². The van der Waals surface area contributed by atoms with Crippen LogP contribution in [0.2, 0.25) is 0 Å². The second kappa shape index (κ2) is 7.89. The summed E-state index contributed by atoms with van der Waals surface area (Å²) in [6.45, 7) is 8.07. The predicted molar refractivity (Wildman–Crippen MR) is 109 cm³/mol. The summed E-state index contributed by atoms with van der Waals surface area (Å²) in [5.74, 6) is -6.00. The van der Waals surface area contributed by atoms with Gasteiger partial charge in [0.2, 0.25) is 11.4 Å². The van der Waals surface area contributed by atoms with Crippen LogP contribution in [0.15, 0.2) is 35.5 Å². The number of fused-ring (bicyclic) bond motifs is 2. The summed E-state index contributed by atoms with van der Waals surface area (Å²) >= 11 is 0. The molecule has 33 heavy (non-hydrogen) atoms. The first-order valence-corrected chi connectivity index (χ1v) is 10.6. The van der Waals surface area contributed by atoms with E-state index in [0.717, 1.165) is 13.0 Å². The molecule has 4 heterocycles. The maximum atomic E-state index is 12.9. The summed E-state index contributed by atoms with van der Waals surface area (Å²) in [6, 6.07) is 0. The smallest absolute Gasteiger partial charge is 0.344 e. The maximum absolute atomic E-state index is 12.9. The number of methoxy groups -OCH3 is 1. The molecule has 0 spiro atoms. The molecule has 4 aliphatic heterocycles. The lowest BCUT2D eigenvalue weighted by molar-refractivity contribution is -0.300. The molecule has 4 bridgehead atoms. The van der Waals surface area contributed by atoms with Crippen LogP contribution in [0.5, 0.6) is 0 Å². The third kappa shape index (κ3) is 3.62. The van der Waals surface area contributed by atoms with E-state index in [1.54, 1.807) is 6.92 Å². The quantitative estimate of drug-likeness (QED) is 0.276. The van der Waals surface area contributed by atoms with Gasteiger partial charge in [-0.2, -0.15) is 0 Å². The van der Waals surface area contributed by atoms with E-state index in [4.69, 9.17) is 23.7 Å². The van der Waals surface area contributed by atoms with Crippen molar-refractivity contribution in [2.45, 2.75) is 69.4 Å². The second-order valence-corrected chi connectivity index (χ2v) is 8.89. The van der Waals surface area contributed by atoms with Crippen LogP contribution in [0.4, 0.5) is 0 Å². The van der Waals surface area contributed by atoms with Gasteiger partial charge in [-0.25, -0.2) is 9.59 Å². The number of hydrogen-bond acceptors (Lipinski definition) is 10. The zero-order valence-electron chi connectivity index (χ0n) is 18.8. The topological polar surface area (TPSA) is 138 Å². The fourth-order valence-electron chi connectivity index (χ4n) is 4.99. The van der Waals surface area contributed by atoms with Crippen LogP contribution in [-0.4, -0.2) is 71.7 Å². The van der Waals surface area contributed by atoms with Gasteiger partial charge >= 0.3 is 17.9 Å². The van der Waals surface area contributed by atoms with Crippen LogP contribution < -0.4 is 0 Å². The highest BCUT2D eigenvalue weighted by atomic mass is 16.7. The Hall–Kier alpha value is -2.82. The van der Waals surface area contributed by atoms with Crippen molar-refractivity contribution in [1.29, 1.82) is 0 Å². The SMILES string of the molecule is C=C(C(=O)OC)[C@H]1C[C@@H]2O[C@@](O)(/C(C)=C\C(=O)/C=C(/C)C[C@H]3OC(=O)[C@@]24O[C@H]34)[C@@H]1OC(C)=O. The Morgan fingerprint density at radius 1 is 1.21 bits per heavy atom. The van der Waals surface area contributed by atoms with Gasteiger partial charge in [0, 0.05) is 24.8 Å². The van der Waals surface area contributed by atoms with Gasteiger partial charge < -0.3 is 28.8 Å². The first-order chi connectivity index (χ1) is 15.4. The molecule has 3 fully saturated rings. The Bertz CT molecular complexity index is 1010. The lowest BCUT2D eigenvalue weighted by Gasteiger charge is -2.47. The summed E-state index contributed by atoms with van der Waals surface area (Å²) in [5, 5.41) is 11.7. The second-order valence-electron chi connectivity index (χ2n) is 8.89. The van der Waals surface area contributed by atoms with Crippen LogP contribution in [0.1, 0.15) is 33.6 Å². The van der Waals surface area contributed by atoms with Crippen molar-refractivity contribution in [3.05, 3.63) is 35.5 Å². The molecule has 0 aromatic carbocycles. The Kier molecular flexibility index (Phi) is 5.58. The Morgan fingerprint density at radius 3 is 2.52 bits per heavy atom. The molecule has 4 rings (SSSR count). The normalized spacial score (nSPS) is 42.8. The van der Waals surface area contributed by atoms with E-state index >= 15 is 0 Å². The van der Waals surface area contributed by atoms with Crippen molar-refractivity contribution >= 4 is 23.7 Å². The van der Waals surface area contributed by atoms with Crippen LogP contribution in [0.25, 0.3) is 0 Å². The lowest BCUT2D eigenvalue weighted by atomic mass is 9.76. The van der Waals surface area contributed by atoms with Crippen LogP contribution in [0, 0.1) is 5.92 Å². The Labute approximate surface area is 190 Å². The molecule has 0 radical (unpaired) electrons. The lowest BCUT2D eigenvalue weighted by Crippen LogP contribution is -2.62. The number of allylic oxidation sites excluding steroid dienone is 2. The van der Waals surface area contributed by atoms with Gasteiger partial charge in [0.15, 0.2) is 11.9 Å². The Balaban J connectivity index is 1.88. The zero-order valence-corrected chi connectivity index (χ0v) is 18.8. The van der Waals surface area contributed by atoms with E-state index in [-0.39, 0.29) is 17.6 Å². The predicted octanol–water partition coefficient (Wildman–Crippen LogP) is 0.669. The zero-order chi connectivity index (χ0) is 24.3. The standard InChI is InChI=1S/C23H26O10/c1-10-6-14(25)8-11(2)23(28)18(30-13(4)24)15(12(3)20(26)29-5)9-17(32-23)22-19(33-22)16(7-10)31-21(22)27/h6,8,15-19,28H,3,7,9H2,1-2,4-5H3/b10-6-,11-8-/t15-,16-,17+,18-,19-,22-,23+/m1/s1. The number of rotatable bonds is 3. The highest BCUT2D eigenvalue weighted by Crippen LogP contribution is 2.56. The number of ether oxygens (including phenoxy) is 5. The number of hydrogen-bond donors (Lipinski definition) is 1. The van der Waals surface area contributed by atoms with Gasteiger partial charge in [-0.1, -0.05) is 12.2 Å². The molecule has 178 valence electrons. The molecule has 7 atom stereocenters. The molecule has 10 heteroatoms. The molecule has 4 aliphatic rings. The van der Waals surface area contributed by atoms with Crippen molar-refractivity contribution in [3.8, 4) is 0 Å². The molecule has 10 nitrogen and oxygen atoms in total. The van der Waals surface area contributed by atoms with Gasteiger partial charge in [0.1, 0.15) is 18.3 Å². The largest absolute Gasteiger partial charge is 0.466 e. The number of aliphatic hydroxyl groups is 1. The number of esters is 3. The number of ketones is 1. The van der Waals surface area contributed by atoms with E-state index in [0.29, 0.717) is 12.0 Å². The maximum Gasteiger partial charge on any atom is 0.344 e. The molecular weight excluding hydrogens is 436 g/mol. The van der Waals surface area contributed by atoms with Gasteiger partial charge in [0.05, 0.1) is 7.11 Å². The van der Waals surface area contributed by atoms with Gasteiger partial charge in [-0.05, 0) is 38.0 Å². The van der Waals surface area contributed by atoms with E-state index in [9.17, 15) is 24.3 Å². The van der Waals surface area contributed by atoms with Gasteiger partial charge in [-0.3, -0.25) is 9.59 Å². The van der Waals surface area contributed by atoms with Crippen LogP contribution in [-0.2, 0) is 42.9 Å². The summed E-state index contributed by atoms with van der Waals surface area (Å²) in [5.41, 5.74) is -0.889. The van der Waals surface area contributed by atoms with Crippen molar-refractivity contribution in [2.75, 3.05) is 7.11 Å². The molecule has 1 N–H and O–H groups in total. The minimum absolute atomic E-state index is 0.0206. The first-order valence-electron chi connectivity index (χ1n) is 10.6. The Morgan fingerprint density at radius 2 is 1.91 bits per heavy atom. The third-order valence-electron chi connectivity index (χ3n) is 6.65. The molecule has 0 saturated carbocycles. The minimum Gasteiger partial charge on any atom is -0.466 e. The average molecular weight is 462 g/mol. The highest BCUT2D eigenvalue weighted by molar-refractivity contribution is 6.00. The van der Waals surface area contributed by atoms with Crippen molar-refractivity contribution in [3.63, 3.8) is 0 Å². The molecular formula is C23H26O10. The fraction of sp³-hybridized carbons (Fsp3) is 0.565. The molecule has 0 unspecified atom stereocenters. The van der Waals surface area contributed by atoms with E-state index in [2.05, 4.69) is 6.58 Å². The minimum atomic E-state index is -2.36. The molecule has 0 aromatic rings. The van der Waals surface area contributed by atoms with Crippen molar-refractivity contribution in [1.82, 2.24) is 0 Å². The van der Waals surface area contributed by atoms with Crippen LogP contribution >= 0.6 is 0 Å². The summed E-state index contributed by atoms with van der Waals surface area (Å²) < 4.78 is 27.5. The van der Waals surface area contributed by atoms with Crippen molar-refractivity contribution < 1.29 is 48.0 Å². The van der Waals surface area contributed by atoms with Crippen molar-refractivity contribution in [2.24, 2.45) is 5.92 Å². The number of carbonyl (C=O) groups excluding carboxylic acids is 4. The van der Waals surface area contributed by atoms with Gasteiger partial charge in [-0.15, -0.1) is 0 Å². The highest BCUT2D eigenvalue weighted by Gasteiger charge is 2.79. The number of carbonyl (C=O) groups is 4. The van der Waals surface area contributed by atoms with E-state index in [1.165, 1.54) is 20.1 Å². The third-order valence-corrected chi connectivity index (χ3v) is 6.65. The summed E-state index contributed by atoms with van der Waals surface area (Å²) in [7, 11) is 1.17. The van der Waals surface area contributed by atoms with Gasteiger partial charge in [0.25, 0.3) is 0 Å². The van der Waals surface area contributed by atoms with E-state index in [1.807, 2.05) is 0 Å². The average Bonchev–Trinajstić information content (AvgIpc) is 3.43. The monoisotopic (exact) mass is 462 g/mol. The fourth-order valence-corrected chi connectivity index (χ4v) is 4.99. The summed E-state index contributed by atoms with van der Waals surface area (Å²) in [6.07, 6.45) is -1.05. The first kappa shape index (κ1) is 23.3. The summed E-state index contributed by atoms with van der Waals surface area (Å²) in [4.78, 5) is 49.8. The molecule has 0 aromatic heterocycles. The molecule has 0 aliphatic carbocycles. The number of epoxide rings is 1. The molecule has 3 saturated heterocycles.